The lowest BCUT2D eigenvalue weighted by molar-refractivity contribution is -0.146. The largest absolute Gasteiger partial charge is 0.459 e. The molecule has 0 aliphatic heterocycles. The Morgan fingerprint density at radius 3 is 1.02 bits per heavy atom. The van der Waals surface area contributed by atoms with Gasteiger partial charge in [0.25, 0.3) is 0 Å². The molecule has 0 saturated heterocycles. The molecule has 0 aromatic carbocycles. The van der Waals surface area contributed by atoms with Crippen molar-refractivity contribution < 1.29 is 28.5 Å². The Morgan fingerprint density at radius 2 is 0.767 bits per heavy atom. The van der Waals surface area contributed by atoms with Gasteiger partial charge in [0, 0.05) is 12.2 Å². The predicted molar refractivity (Wildman–Crippen MR) is 170 cm³/mol. The van der Waals surface area contributed by atoms with Crippen LogP contribution in [0.25, 0.3) is 0 Å². The van der Waals surface area contributed by atoms with Crippen LogP contribution in [0.15, 0.2) is 25.3 Å². The number of carbonyl (C=O) groups is 2. The molecule has 0 aromatic rings. The Bertz CT molecular complexity index is 833. The van der Waals surface area contributed by atoms with Crippen molar-refractivity contribution in [2.75, 3.05) is 6.79 Å². The third-order valence-corrected chi connectivity index (χ3v) is 12.4. The van der Waals surface area contributed by atoms with Gasteiger partial charge in [-0.15, -0.1) is 0 Å². The van der Waals surface area contributed by atoms with Gasteiger partial charge in [-0.1, -0.05) is 40.9 Å². The summed E-state index contributed by atoms with van der Waals surface area (Å²) in [6.45, 7) is 17.3. The lowest BCUT2D eigenvalue weighted by Gasteiger charge is -2.47. The Hall–Kier alpha value is -1.66. The molecule has 0 atom stereocenters. The summed E-state index contributed by atoms with van der Waals surface area (Å²) in [6.07, 6.45) is 21.1. The van der Waals surface area contributed by atoms with Gasteiger partial charge in [0.1, 0.15) is 19.0 Å². The van der Waals surface area contributed by atoms with E-state index in [-0.39, 0.29) is 24.1 Å². The molecule has 0 bridgehead atoms. The van der Waals surface area contributed by atoms with Crippen LogP contribution < -0.4 is 0 Å². The van der Waals surface area contributed by atoms with Crippen LogP contribution in [0, 0.1) is 34.5 Å². The van der Waals surface area contributed by atoms with E-state index in [0.29, 0.717) is 41.7 Å². The Kier molecular flexibility index (Phi) is 12.4. The van der Waals surface area contributed by atoms with Gasteiger partial charge in [-0.05, 0) is 137 Å². The number of esters is 2. The van der Waals surface area contributed by atoms with Crippen molar-refractivity contribution in [3.05, 3.63) is 25.3 Å². The molecule has 6 heteroatoms. The second kappa shape index (κ2) is 15.6. The highest BCUT2D eigenvalue weighted by molar-refractivity contribution is 5.81. The molecular formula is C37H60O6. The molecule has 0 spiro atoms. The minimum absolute atomic E-state index is 0.0604. The van der Waals surface area contributed by atoms with E-state index in [9.17, 15) is 9.59 Å². The maximum absolute atomic E-state index is 11.6. The highest BCUT2D eigenvalue weighted by atomic mass is 16.7. The normalized spacial score (nSPS) is 34.1. The summed E-state index contributed by atoms with van der Waals surface area (Å²) in [5.74, 6) is 2.25. The van der Waals surface area contributed by atoms with Crippen molar-refractivity contribution in [1.29, 1.82) is 0 Å². The minimum atomic E-state index is -0.290. The van der Waals surface area contributed by atoms with E-state index in [1.807, 2.05) is 0 Å². The molecule has 244 valence electrons. The smallest absolute Gasteiger partial charge is 0.330 e. The summed E-state index contributed by atoms with van der Waals surface area (Å²) in [7, 11) is 0. The van der Waals surface area contributed by atoms with Gasteiger partial charge in [0.2, 0.25) is 0 Å². The molecule has 4 fully saturated rings. The van der Waals surface area contributed by atoms with Crippen LogP contribution >= 0.6 is 0 Å². The van der Waals surface area contributed by atoms with Crippen LogP contribution in [0.3, 0.4) is 0 Å². The number of hydrogen-bond donors (Lipinski definition) is 0. The molecule has 43 heavy (non-hydrogen) atoms. The molecule has 0 aromatic heterocycles. The molecule has 6 nitrogen and oxygen atoms in total. The molecule has 0 radical (unpaired) electrons. The van der Waals surface area contributed by atoms with E-state index in [0.717, 1.165) is 88.9 Å². The first-order valence-corrected chi connectivity index (χ1v) is 17.4. The third kappa shape index (κ3) is 9.19. The van der Waals surface area contributed by atoms with Crippen molar-refractivity contribution in [1.82, 2.24) is 0 Å². The fourth-order valence-corrected chi connectivity index (χ4v) is 9.12. The molecule has 0 heterocycles. The standard InChI is InChI=1S/C37H60O6/c1-7-34(38)42-32-21-13-28(14-22-32)36(3,4)26-9-17-30(18-10-26)40-25-41-31-19-11-27(12-20-31)37(5,6)29-15-23-33(24-16-29)43-35(39)8-2/h7-8,26-33H,1-2,9-25H2,3-6H3. The fourth-order valence-electron chi connectivity index (χ4n) is 9.12. The number of rotatable bonds is 12. The van der Waals surface area contributed by atoms with Crippen molar-refractivity contribution in [3.8, 4) is 0 Å². The van der Waals surface area contributed by atoms with Gasteiger partial charge < -0.3 is 18.9 Å². The van der Waals surface area contributed by atoms with Crippen molar-refractivity contribution in [2.24, 2.45) is 34.5 Å². The van der Waals surface area contributed by atoms with Crippen LogP contribution in [0.5, 0.6) is 0 Å². The van der Waals surface area contributed by atoms with Gasteiger partial charge in [-0.2, -0.15) is 0 Å². The first kappa shape index (κ1) is 34.2. The van der Waals surface area contributed by atoms with Crippen LogP contribution in [0.2, 0.25) is 0 Å². The minimum Gasteiger partial charge on any atom is -0.459 e. The Morgan fingerprint density at radius 1 is 0.512 bits per heavy atom. The zero-order valence-corrected chi connectivity index (χ0v) is 27.7. The van der Waals surface area contributed by atoms with Crippen molar-refractivity contribution in [3.63, 3.8) is 0 Å². The first-order chi connectivity index (χ1) is 20.5. The van der Waals surface area contributed by atoms with Gasteiger partial charge in [-0.3, -0.25) is 0 Å². The maximum atomic E-state index is 11.6. The second-order valence-corrected chi connectivity index (χ2v) is 15.3. The molecular weight excluding hydrogens is 540 g/mol. The van der Waals surface area contributed by atoms with Gasteiger partial charge in [-0.25, -0.2) is 9.59 Å². The second-order valence-electron chi connectivity index (χ2n) is 15.3. The summed E-state index contributed by atoms with van der Waals surface area (Å²) in [6, 6.07) is 0. The fraction of sp³-hybridized carbons (Fsp3) is 0.838. The zero-order valence-electron chi connectivity index (χ0n) is 27.7. The van der Waals surface area contributed by atoms with E-state index in [1.54, 1.807) is 0 Å². The summed E-state index contributed by atoms with van der Waals surface area (Å²) in [5, 5.41) is 0. The molecule has 0 amide bonds. The monoisotopic (exact) mass is 600 g/mol. The summed E-state index contributed by atoms with van der Waals surface area (Å²) < 4.78 is 23.5. The molecule has 0 unspecified atom stereocenters. The first-order valence-electron chi connectivity index (χ1n) is 17.4. The van der Waals surface area contributed by atoms with Gasteiger partial charge in [0.05, 0.1) is 12.2 Å². The van der Waals surface area contributed by atoms with Crippen molar-refractivity contribution >= 4 is 11.9 Å². The van der Waals surface area contributed by atoms with Gasteiger partial charge >= 0.3 is 11.9 Å². The van der Waals surface area contributed by atoms with Crippen LogP contribution in [0.4, 0.5) is 0 Å². The number of ether oxygens (including phenoxy) is 4. The van der Waals surface area contributed by atoms with Crippen LogP contribution in [-0.4, -0.2) is 43.1 Å². The van der Waals surface area contributed by atoms with E-state index < -0.39 is 0 Å². The lowest BCUT2D eigenvalue weighted by atomic mass is 9.60. The van der Waals surface area contributed by atoms with E-state index >= 15 is 0 Å². The van der Waals surface area contributed by atoms with Gasteiger partial charge in [0.15, 0.2) is 0 Å². The molecule has 4 saturated carbocycles. The average Bonchev–Trinajstić information content (AvgIpc) is 3.02. The summed E-state index contributed by atoms with van der Waals surface area (Å²) >= 11 is 0. The van der Waals surface area contributed by atoms with Crippen LogP contribution in [-0.2, 0) is 28.5 Å². The van der Waals surface area contributed by atoms with E-state index in [2.05, 4.69) is 40.9 Å². The third-order valence-electron chi connectivity index (χ3n) is 12.4. The quantitative estimate of drug-likeness (QED) is 0.127. The van der Waals surface area contributed by atoms with E-state index in [4.69, 9.17) is 18.9 Å². The Balaban J connectivity index is 1.10. The zero-order chi connectivity index (χ0) is 31.0. The maximum Gasteiger partial charge on any atom is 0.330 e. The summed E-state index contributed by atoms with van der Waals surface area (Å²) in [5.41, 5.74) is 0.609. The number of carbonyl (C=O) groups excluding carboxylic acids is 2. The van der Waals surface area contributed by atoms with E-state index in [1.165, 1.54) is 37.8 Å². The van der Waals surface area contributed by atoms with Crippen LogP contribution in [0.1, 0.15) is 130 Å². The summed E-state index contributed by atoms with van der Waals surface area (Å²) in [4.78, 5) is 23.1. The SMILES string of the molecule is C=CC(=O)OC1CCC(C(C)(C)C2CCC(OCOC3CCC(C(C)(C)C4CCC(OC(=O)C=C)CC4)CC3)CC2)CC1. The molecule has 4 aliphatic carbocycles. The topological polar surface area (TPSA) is 71.1 Å². The average molecular weight is 601 g/mol. The Labute approximate surface area is 261 Å². The number of hydrogen-bond acceptors (Lipinski definition) is 6. The lowest BCUT2D eigenvalue weighted by Crippen LogP contribution is -2.40. The molecule has 4 rings (SSSR count). The molecule has 4 aliphatic rings. The highest BCUT2D eigenvalue weighted by Crippen LogP contribution is 2.50. The highest BCUT2D eigenvalue weighted by Gasteiger charge is 2.42. The van der Waals surface area contributed by atoms with Crippen molar-refractivity contribution in [2.45, 2.75) is 155 Å². The predicted octanol–water partition coefficient (Wildman–Crippen LogP) is 8.72. The molecule has 0 N–H and O–H groups in total.